The van der Waals surface area contributed by atoms with Crippen LogP contribution in [0.5, 0.6) is 0 Å². The number of aromatic nitrogens is 1. The molecule has 0 radical (unpaired) electrons. The van der Waals surface area contributed by atoms with Crippen molar-refractivity contribution in [3.05, 3.63) is 52.0 Å². The Hall–Kier alpha value is -2.69. The lowest BCUT2D eigenvalue weighted by molar-refractivity contribution is 0.0595. The number of para-hydroxylation sites is 1. The van der Waals surface area contributed by atoms with Crippen LogP contribution in [-0.4, -0.2) is 61.2 Å². The van der Waals surface area contributed by atoms with Gasteiger partial charge in [-0.15, -0.1) is 11.3 Å². The molecule has 8 nitrogen and oxygen atoms in total. The number of methoxy groups -OCH3 is 1. The van der Waals surface area contributed by atoms with Gasteiger partial charge in [0.2, 0.25) is 0 Å². The molecule has 1 aliphatic rings. The van der Waals surface area contributed by atoms with E-state index in [1.807, 2.05) is 30.3 Å². The summed E-state index contributed by atoms with van der Waals surface area (Å²) in [6, 6.07) is 9.47. The lowest BCUT2D eigenvalue weighted by atomic mass is 10.0. The lowest BCUT2D eigenvalue weighted by Crippen LogP contribution is -2.36. The number of carbonyl (C=O) groups excluding carboxylic acids is 2. The summed E-state index contributed by atoms with van der Waals surface area (Å²) >= 11 is 1.06. The highest BCUT2D eigenvalue weighted by atomic mass is 32.2. The van der Waals surface area contributed by atoms with Crippen LogP contribution in [0.3, 0.4) is 0 Å². The Bertz CT molecular complexity index is 1260. The third-order valence-electron chi connectivity index (χ3n) is 5.74. The Morgan fingerprint density at radius 3 is 2.59 bits per heavy atom. The number of hydrogen-bond acceptors (Lipinski definition) is 6. The van der Waals surface area contributed by atoms with E-state index in [0.29, 0.717) is 42.2 Å². The number of carbonyl (C=O) groups is 2. The molecular formula is C22H25N3O5S2. The Kier molecular flexibility index (Phi) is 6.11. The molecule has 3 heterocycles. The third kappa shape index (κ3) is 3.72. The van der Waals surface area contributed by atoms with Gasteiger partial charge >= 0.3 is 5.97 Å². The first-order valence-corrected chi connectivity index (χ1v) is 12.7. The van der Waals surface area contributed by atoms with Crippen LogP contribution in [0.4, 0.5) is 0 Å². The fourth-order valence-corrected chi connectivity index (χ4v) is 7.58. The van der Waals surface area contributed by atoms with Crippen LogP contribution in [-0.2, 0) is 27.7 Å². The summed E-state index contributed by atoms with van der Waals surface area (Å²) in [6.45, 7) is 4.74. The van der Waals surface area contributed by atoms with Crippen molar-refractivity contribution >= 4 is 44.1 Å². The maximum atomic E-state index is 13.2. The van der Waals surface area contributed by atoms with Gasteiger partial charge in [0.25, 0.3) is 15.9 Å². The minimum Gasteiger partial charge on any atom is -0.465 e. The number of sulfonamides is 1. The van der Waals surface area contributed by atoms with E-state index in [9.17, 15) is 18.0 Å². The highest BCUT2D eigenvalue weighted by Gasteiger charge is 2.37. The molecule has 1 aliphatic heterocycles. The van der Waals surface area contributed by atoms with Crippen LogP contribution in [0.2, 0.25) is 0 Å². The van der Waals surface area contributed by atoms with E-state index in [0.717, 1.165) is 22.2 Å². The van der Waals surface area contributed by atoms with Crippen molar-refractivity contribution in [2.45, 2.75) is 31.0 Å². The van der Waals surface area contributed by atoms with Gasteiger partial charge in [0.1, 0.15) is 9.90 Å². The number of amides is 1. The average molecular weight is 476 g/mol. The SMILES string of the molecule is CCN(CC)S(=O)(=O)c1sc2c(c1C(=O)OC)CCN(C(=O)c1cc3ccccc3[nH]1)C2. The van der Waals surface area contributed by atoms with E-state index in [-0.39, 0.29) is 22.2 Å². The standard InChI is InChI=1S/C22H25N3O5S2/c1-4-25(5-2)32(28,29)22-19(21(27)30-3)15-10-11-24(13-18(15)31-22)20(26)17-12-14-8-6-7-9-16(14)23-17/h6-9,12,23H,4-5,10-11,13H2,1-3H3. The van der Waals surface area contributed by atoms with Crippen molar-refractivity contribution in [1.29, 1.82) is 0 Å². The minimum atomic E-state index is -3.85. The van der Waals surface area contributed by atoms with Gasteiger partial charge in [-0.1, -0.05) is 32.0 Å². The summed E-state index contributed by atoms with van der Waals surface area (Å²) in [4.78, 5) is 31.2. The predicted octanol–water partition coefficient (Wildman–Crippen LogP) is 3.25. The smallest absolute Gasteiger partial charge is 0.340 e. The van der Waals surface area contributed by atoms with Crippen LogP contribution < -0.4 is 0 Å². The zero-order chi connectivity index (χ0) is 23.0. The van der Waals surface area contributed by atoms with E-state index in [1.54, 1.807) is 18.7 Å². The molecule has 0 spiro atoms. The molecule has 1 amide bonds. The second-order valence-electron chi connectivity index (χ2n) is 7.49. The Balaban J connectivity index is 1.71. The number of thiophene rings is 1. The predicted molar refractivity (Wildman–Crippen MR) is 123 cm³/mol. The molecule has 10 heteroatoms. The van der Waals surface area contributed by atoms with Crippen LogP contribution in [0, 0.1) is 0 Å². The molecule has 32 heavy (non-hydrogen) atoms. The number of aromatic amines is 1. The number of fused-ring (bicyclic) bond motifs is 2. The summed E-state index contributed by atoms with van der Waals surface area (Å²) in [7, 11) is -2.60. The molecule has 0 bridgehead atoms. The van der Waals surface area contributed by atoms with Crippen molar-refractivity contribution in [1.82, 2.24) is 14.2 Å². The third-order valence-corrected chi connectivity index (χ3v) is 9.50. The molecule has 0 aliphatic carbocycles. The minimum absolute atomic E-state index is 0.00189. The normalized spacial score (nSPS) is 14.1. The monoisotopic (exact) mass is 475 g/mol. The van der Waals surface area contributed by atoms with Crippen LogP contribution in [0.25, 0.3) is 10.9 Å². The number of H-pyrrole nitrogens is 1. The summed E-state index contributed by atoms with van der Waals surface area (Å²) in [5, 5.41) is 0.949. The Labute approximate surface area is 190 Å². The molecule has 3 aromatic rings. The van der Waals surface area contributed by atoms with Crippen molar-refractivity contribution in [3.63, 3.8) is 0 Å². The summed E-state index contributed by atoms with van der Waals surface area (Å²) in [5.41, 5.74) is 2.13. The topological polar surface area (TPSA) is 99.8 Å². The number of esters is 1. The molecule has 2 aromatic heterocycles. The molecule has 0 saturated heterocycles. The van der Waals surface area contributed by atoms with E-state index in [1.165, 1.54) is 11.4 Å². The molecule has 1 aromatic carbocycles. The van der Waals surface area contributed by atoms with Crippen molar-refractivity contribution < 1.29 is 22.7 Å². The van der Waals surface area contributed by atoms with Gasteiger partial charge in [0.15, 0.2) is 0 Å². The van der Waals surface area contributed by atoms with E-state index in [2.05, 4.69) is 4.98 Å². The van der Waals surface area contributed by atoms with Crippen molar-refractivity contribution in [3.8, 4) is 0 Å². The number of nitrogens with zero attached hydrogens (tertiary/aromatic N) is 2. The average Bonchev–Trinajstić information content (AvgIpc) is 3.40. The van der Waals surface area contributed by atoms with Gasteiger partial charge in [-0.3, -0.25) is 4.79 Å². The Morgan fingerprint density at radius 1 is 1.22 bits per heavy atom. The molecule has 0 unspecified atom stereocenters. The molecule has 1 N–H and O–H groups in total. The highest BCUT2D eigenvalue weighted by Crippen LogP contribution is 2.38. The molecule has 0 atom stereocenters. The lowest BCUT2D eigenvalue weighted by Gasteiger charge is -2.26. The molecule has 0 fully saturated rings. The highest BCUT2D eigenvalue weighted by molar-refractivity contribution is 7.91. The van der Waals surface area contributed by atoms with Gasteiger partial charge in [-0.05, 0) is 24.1 Å². The van der Waals surface area contributed by atoms with Crippen molar-refractivity contribution in [2.24, 2.45) is 0 Å². The first-order valence-electron chi connectivity index (χ1n) is 10.4. The summed E-state index contributed by atoms with van der Waals surface area (Å²) < 4.78 is 32.7. The molecule has 0 saturated carbocycles. The van der Waals surface area contributed by atoms with Crippen LogP contribution in [0.15, 0.2) is 34.5 Å². The van der Waals surface area contributed by atoms with Gasteiger partial charge < -0.3 is 14.6 Å². The Morgan fingerprint density at radius 2 is 1.94 bits per heavy atom. The second kappa shape index (κ2) is 8.68. The number of rotatable bonds is 6. The second-order valence-corrected chi connectivity index (χ2v) is 10.7. The van der Waals surface area contributed by atoms with Gasteiger partial charge in [0.05, 0.1) is 19.2 Å². The number of hydrogen-bond donors (Lipinski definition) is 1. The number of benzene rings is 1. The van der Waals surface area contributed by atoms with Gasteiger partial charge in [0, 0.05) is 35.4 Å². The van der Waals surface area contributed by atoms with E-state index in [4.69, 9.17) is 4.74 Å². The molecule has 170 valence electrons. The van der Waals surface area contributed by atoms with Crippen LogP contribution in [0.1, 0.15) is 45.1 Å². The van der Waals surface area contributed by atoms with Gasteiger partial charge in [-0.2, -0.15) is 4.31 Å². The largest absolute Gasteiger partial charge is 0.465 e. The first kappa shape index (κ1) is 22.5. The number of ether oxygens (including phenoxy) is 1. The van der Waals surface area contributed by atoms with E-state index >= 15 is 0 Å². The zero-order valence-electron chi connectivity index (χ0n) is 18.2. The van der Waals surface area contributed by atoms with Crippen molar-refractivity contribution in [2.75, 3.05) is 26.7 Å². The van der Waals surface area contributed by atoms with Crippen LogP contribution >= 0.6 is 11.3 Å². The van der Waals surface area contributed by atoms with Gasteiger partial charge in [-0.25, -0.2) is 13.2 Å². The summed E-state index contributed by atoms with van der Waals surface area (Å²) in [5.74, 6) is -0.823. The fourth-order valence-electron chi connectivity index (χ4n) is 4.08. The fraction of sp³-hybridized carbons (Fsp3) is 0.364. The maximum Gasteiger partial charge on any atom is 0.340 e. The van der Waals surface area contributed by atoms with E-state index < -0.39 is 16.0 Å². The number of nitrogens with one attached hydrogen (secondary N) is 1. The first-order chi connectivity index (χ1) is 15.3. The molecular weight excluding hydrogens is 450 g/mol. The maximum absolute atomic E-state index is 13.2. The summed E-state index contributed by atoms with van der Waals surface area (Å²) in [6.07, 6.45) is 0.385. The quantitative estimate of drug-likeness (QED) is 0.552. The molecule has 4 rings (SSSR count). The zero-order valence-corrected chi connectivity index (χ0v) is 19.8.